The van der Waals surface area contributed by atoms with Gasteiger partial charge in [-0.05, 0) is 66.8 Å². The molecule has 4 nitrogen and oxygen atoms in total. The lowest BCUT2D eigenvalue weighted by Gasteiger charge is -2.14. The smallest absolute Gasteiger partial charge is 0.255 e. The number of benzene rings is 3. The topological polar surface area (TPSA) is 58.2 Å². The molecular weight excluding hydrogens is 408 g/mol. The Morgan fingerprint density at radius 2 is 1.48 bits per heavy atom. The molecule has 0 aromatic heterocycles. The maximum absolute atomic E-state index is 12.7. The van der Waals surface area contributed by atoms with E-state index >= 15 is 0 Å². The van der Waals surface area contributed by atoms with Gasteiger partial charge in [0.05, 0.1) is 16.6 Å². The van der Waals surface area contributed by atoms with Gasteiger partial charge in [0.15, 0.2) is 0 Å². The molecule has 0 saturated carbocycles. The van der Waals surface area contributed by atoms with Crippen molar-refractivity contribution in [2.75, 3.05) is 10.6 Å². The van der Waals surface area contributed by atoms with E-state index in [1.165, 1.54) is 5.56 Å². The minimum absolute atomic E-state index is 0.0927. The maximum Gasteiger partial charge on any atom is 0.255 e. The zero-order valence-electron chi connectivity index (χ0n) is 18.0. The van der Waals surface area contributed by atoms with Crippen molar-refractivity contribution in [3.8, 4) is 0 Å². The monoisotopic (exact) mass is 434 g/mol. The molecule has 31 heavy (non-hydrogen) atoms. The van der Waals surface area contributed by atoms with Crippen LogP contribution < -0.4 is 10.6 Å². The largest absolute Gasteiger partial charge is 0.326 e. The molecule has 160 valence electrons. The number of hydrogen-bond acceptors (Lipinski definition) is 2. The third-order valence-corrected chi connectivity index (χ3v) is 5.38. The van der Waals surface area contributed by atoms with Gasteiger partial charge in [0.25, 0.3) is 5.91 Å². The lowest BCUT2D eigenvalue weighted by molar-refractivity contribution is -0.117. The van der Waals surface area contributed by atoms with Crippen LogP contribution in [0.25, 0.3) is 0 Å². The zero-order chi connectivity index (χ0) is 22.4. The molecule has 2 amide bonds. The first kappa shape index (κ1) is 22.6. The molecule has 5 heteroatoms. The van der Waals surface area contributed by atoms with Crippen LogP contribution >= 0.6 is 11.6 Å². The van der Waals surface area contributed by atoms with Gasteiger partial charge in [0, 0.05) is 11.3 Å². The summed E-state index contributed by atoms with van der Waals surface area (Å²) in [6.45, 7) is 6.27. The SMILES string of the molecule is CC(C)Cc1ccc([C@@H](C)C(=O)Nc2ccc(C(=O)Nc3ccccc3Cl)cc2)cc1. The first-order chi connectivity index (χ1) is 14.8. The summed E-state index contributed by atoms with van der Waals surface area (Å²) < 4.78 is 0. The van der Waals surface area contributed by atoms with Crippen LogP contribution in [0.2, 0.25) is 5.02 Å². The van der Waals surface area contributed by atoms with Crippen molar-refractivity contribution in [3.05, 3.63) is 94.5 Å². The van der Waals surface area contributed by atoms with Gasteiger partial charge in [-0.2, -0.15) is 0 Å². The van der Waals surface area contributed by atoms with E-state index in [2.05, 4.69) is 36.6 Å². The number of halogens is 1. The summed E-state index contributed by atoms with van der Waals surface area (Å²) in [6, 6.07) is 22.1. The van der Waals surface area contributed by atoms with Crippen LogP contribution in [0.4, 0.5) is 11.4 Å². The van der Waals surface area contributed by atoms with Crippen molar-refractivity contribution in [2.45, 2.75) is 33.1 Å². The quantitative estimate of drug-likeness (QED) is 0.444. The zero-order valence-corrected chi connectivity index (χ0v) is 18.7. The molecule has 1 atom stereocenters. The second kappa shape index (κ2) is 10.3. The highest BCUT2D eigenvalue weighted by atomic mass is 35.5. The first-order valence-electron chi connectivity index (χ1n) is 10.4. The van der Waals surface area contributed by atoms with Crippen LogP contribution in [0.3, 0.4) is 0 Å². The molecule has 0 aliphatic carbocycles. The van der Waals surface area contributed by atoms with Crippen molar-refractivity contribution in [2.24, 2.45) is 5.92 Å². The Morgan fingerprint density at radius 3 is 2.10 bits per heavy atom. The predicted molar refractivity (Wildman–Crippen MR) is 128 cm³/mol. The summed E-state index contributed by atoms with van der Waals surface area (Å²) in [5, 5.41) is 6.18. The molecule has 0 aliphatic heterocycles. The van der Waals surface area contributed by atoms with Crippen molar-refractivity contribution < 1.29 is 9.59 Å². The number of hydrogen-bond donors (Lipinski definition) is 2. The predicted octanol–water partition coefficient (Wildman–Crippen LogP) is 6.53. The third-order valence-electron chi connectivity index (χ3n) is 5.05. The lowest BCUT2D eigenvalue weighted by Crippen LogP contribution is -2.19. The Morgan fingerprint density at radius 1 is 0.839 bits per heavy atom. The van der Waals surface area contributed by atoms with E-state index in [0.29, 0.717) is 27.9 Å². The Bertz CT molecular complexity index is 1040. The molecule has 0 spiro atoms. The van der Waals surface area contributed by atoms with Gasteiger partial charge in [-0.15, -0.1) is 0 Å². The van der Waals surface area contributed by atoms with Crippen LogP contribution in [0.1, 0.15) is 48.2 Å². The van der Waals surface area contributed by atoms with E-state index in [0.717, 1.165) is 12.0 Å². The fraction of sp³-hybridized carbons (Fsp3) is 0.231. The standard InChI is InChI=1S/C26H27ClN2O2/c1-17(2)16-19-8-10-20(11-9-19)18(3)25(30)28-22-14-12-21(13-15-22)26(31)29-24-7-5-4-6-23(24)27/h4-15,17-18H,16H2,1-3H3,(H,28,30)(H,29,31)/t18-/m1/s1. The van der Waals surface area contributed by atoms with Gasteiger partial charge < -0.3 is 10.6 Å². The lowest BCUT2D eigenvalue weighted by atomic mass is 9.96. The van der Waals surface area contributed by atoms with Crippen LogP contribution in [-0.2, 0) is 11.2 Å². The molecule has 0 bridgehead atoms. The van der Waals surface area contributed by atoms with Gasteiger partial charge in [-0.25, -0.2) is 0 Å². The fourth-order valence-corrected chi connectivity index (χ4v) is 3.46. The van der Waals surface area contributed by atoms with E-state index < -0.39 is 0 Å². The summed E-state index contributed by atoms with van der Waals surface area (Å²) in [4.78, 5) is 25.1. The van der Waals surface area contributed by atoms with Crippen LogP contribution in [-0.4, -0.2) is 11.8 Å². The highest BCUT2D eigenvalue weighted by molar-refractivity contribution is 6.33. The van der Waals surface area contributed by atoms with E-state index in [4.69, 9.17) is 11.6 Å². The summed E-state index contributed by atoms with van der Waals surface area (Å²) in [5.41, 5.74) is 3.92. The second-order valence-corrected chi connectivity index (χ2v) is 8.47. The third kappa shape index (κ3) is 6.19. The molecule has 0 radical (unpaired) electrons. The highest BCUT2D eigenvalue weighted by Crippen LogP contribution is 2.22. The van der Waals surface area contributed by atoms with Crippen LogP contribution in [0.15, 0.2) is 72.8 Å². The van der Waals surface area contributed by atoms with E-state index in [9.17, 15) is 9.59 Å². The Kier molecular flexibility index (Phi) is 7.48. The molecule has 0 saturated heterocycles. The minimum atomic E-state index is -0.281. The molecule has 3 aromatic rings. The second-order valence-electron chi connectivity index (χ2n) is 8.06. The molecule has 0 aliphatic rings. The summed E-state index contributed by atoms with van der Waals surface area (Å²) >= 11 is 6.09. The van der Waals surface area contributed by atoms with Crippen molar-refractivity contribution in [1.82, 2.24) is 0 Å². The van der Waals surface area contributed by atoms with Crippen LogP contribution in [0.5, 0.6) is 0 Å². The molecule has 3 aromatic carbocycles. The average molecular weight is 435 g/mol. The number of para-hydroxylation sites is 1. The Hall–Kier alpha value is -3.11. The average Bonchev–Trinajstić information content (AvgIpc) is 2.75. The summed E-state index contributed by atoms with van der Waals surface area (Å²) in [7, 11) is 0. The molecule has 0 fully saturated rings. The van der Waals surface area contributed by atoms with Gasteiger partial charge >= 0.3 is 0 Å². The van der Waals surface area contributed by atoms with E-state index in [-0.39, 0.29) is 17.7 Å². The Balaban J connectivity index is 1.60. The summed E-state index contributed by atoms with van der Waals surface area (Å²) in [5.74, 6) is -0.0386. The number of amides is 2. The molecule has 0 heterocycles. The van der Waals surface area contributed by atoms with Crippen molar-refractivity contribution >= 4 is 34.8 Å². The number of carbonyl (C=O) groups excluding carboxylic acids is 2. The normalized spacial score (nSPS) is 11.8. The number of nitrogens with one attached hydrogen (secondary N) is 2. The molecular formula is C26H27ClN2O2. The Labute approximate surface area is 188 Å². The molecule has 0 unspecified atom stereocenters. The van der Waals surface area contributed by atoms with E-state index in [1.54, 1.807) is 48.5 Å². The van der Waals surface area contributed by atoms with Crippen LogP contribution in [0, 0.1) is 5.92 Å². The highest BCUT2D eigenvalue weighted by Gasteiger charge is 2.16. The van der Waals surface area contributed by atoms with Gasteiger partial charge in [0.2, 0.25) is 5.91 Å². The van der Waals surface area contributed by atoms with Gasteiger partial charge in [0.1, 0.15) is 0 Å². The minimum Gasteiger partial charge on any atom is -0.326 e. The number of anilines is 2. The number of rotatable bonds is 7. The van der Waals surface area contributed by atoms with E-state index in [1.807, 2.05) is 19.1 Å². The van der Waals surface area contributed by atoms with Crippen molar-refractivity contribution in [3.63, 3.8) is 0 Å². The van der Waals surface area contributed by atoms with Crippen molar-refractivity contribution in [1.29, 1.82) is 0 Å². The molecule has 2 N–H and O–H groups in total. The first-order valence-corrected chi connectivity index (χ1v) is 10.8. The van der Waals surface area contributed by atoms with Gasteiger partial charge in [-0.1, -0.05) is 61.8 Å². The molecule has 3 rings (SSSR count). The number of carbonyl (C=O) groups is 2. The maximum atomic E-state index is 12.7. The van der Waals surface area contributed by atoms with Gasteiger partial charge in [-0.3, -0.25) is 9.59 Å². The fourth-order valence-electron chi connectivity index (χ4n) is 3.28. The summed E-state index contributed by atoms with van der Waals surface area (Å²) in [6.07, 6.45) is 1.03.